The van der Waals surface area contributed by atoms with Gasteiger partial charge in [-0.2, -0.15) is 0 Å². The van der Waals surface area contributed by atoms with Gasteiger partial charge < -0.3 is 15.5 Å². The lowest BCUT2D eigenvalue weighted by Gasteiger charge is -2.19. The fourth-order valence-corrected chi connectivity index (χ4v) is 2.30. The van der Waals surface area contributed by atoms with E-state index in [4.69, 9.17) is 11.6 Å². The highest BCUT2D eigenvalue weighted by Gasteiger charge is 2.06. The smallest absolute Gasteiger partial charge is 0.251 e. The van der Waals surface area contributed by atoms with Gasteiger partial charge in [0, 0.05) is 49.0 Å². The summed E-state index contributed by atoms with van der Waals surface area (Å²) in [4.78, 5) is 25.1. The molecule has 2 rings (SSSR count). The standard InChI is InChI=1S/C18H20ClN3O2/c1-13(23)21-16-7-3-14(4-8-16)18(24)20-11-12-22(2)17-9-5-15(19)6-10-17/h3-10H,11-12H2,1-2H3,(H,20,24)(H,21,23). The van der Waals surface area contributed by atoms with Gasteiger partial charge >= 0.3 is 0 Å². The van der Waals surface area contributed by atoms with E-state index >= 15 is 0 Å². The van der Waals surface area contributed by atoms with Crippen LogP contribution in [0.15, 0.2) is 48.5 Å². The lowest BCUT2D eigenvalue weighted by Crippen LogP contribution is -2.32. The van der Waals surface area contributed by atoms with Crippen LogP contribution in [-0.4, -0.2) is 32.0 Å². The van der Waals surface area contributed by atoms with Crippen molar-refractivity contribution in [3.8, 4) is 0 Å². The molecule has 0 saturated heterocycles. The first kappa shape index (κ1) is 17.8. The molecule has 2 aromatic carbocycles. The molecular formula is C18H20ClN3O2. The molecule has 6 heteroatoms. The number of nitrogens with one attached hydrogen (secondary N) is 2. The predicted octanol–water partition coefficient (Wildman–Crippen LogP) is 3.16. The van der Waals surface area contributed by atoms with Crippen LogP contribution >= 0.6 is 11.6 Å². The van der Waals surface area contributed by atoms with Gasteiger partial charge in [0.05, 0.1) is 0 Å². The van der Waals surface area contributed by atoms with E-state index < -0.39 is 0 Å². The third-order valence-corrected chi connectivity index (χ3v) is 3.72. The number of rotatable bonds is 6. The zero-order valence-electron chi connectivity index (χ0n) is 13.7. The van der Waals surface area contributed by atoms with Crippen molar-refractivity contribution in [3.05, 3.63) is 59.1 Å². The first-order valence-corrected chi connectivity index (χ1v) is 7.96. The van der Waals surface area contributed by atoms with E-state index in [0.29, 0.717) is 29.4 Å². The Kier molecular flexibility index (Phi) is 6.21. The number of hydrogen-bond donors (Lipinski definition) is 2. The molecule has 0 fully saturated rings. The van der Waals surface area contributed by atoms with Crippen LogP contribution in [0.25, 0.3) is 0 Å². The Morgan fingerprint density at radius 2 is 1.67 bits per heavy atom. The summed E-state index contributed by atoms with van der Waals surface area (Å²) in [7, 11) is 1.96. The zero-order chi connectivity index (χ0) is 17.5. The lowest BCUT2D eigenvalue weighted by atomic mass is 10.2. The first-order chi connectivity index (χ1) is 11.5. The minimum Gasteiger partial charge on any atom is -0.373 e. The molecule has 0 radical (unpaired) electrons. The van der Waals surface area contributed by atoms with Gasteiger partial charge in [-0.25, -0.2) is 0 Å². The third-order valence-electron chi connectivity index (χ3n) is 3.47. The summed E-state index contributed by atoms with van der Waals surface area (Å²) in [5.74, 6) is -0.286. The van der Waals surface area contributed by atoms with Crippen molar-refractivity contribution in [1.82, 2.24) is 5.32 Å². The van der Waals surface area contributed by atoms with E-state index in [9.17, 15) is 9.59 Å². The number of carbonyl (C=O) groups excluding carboxylic acids is 2. The van der Waals surface area contributed by atoms with Gasteiger partial charge in [0.1, 0.15) is 0 Å². The lowest BCUT2D eigenvalue weighted by molar-refractivity contribution is -0.114. The van der Waals surface area contributed by atoms with Crippen molar-refractivity contribution in [2.24, 2.45) is 0 Å². The Balaban J connectivity index is 1.82. The van der Waals surface area contributed by atoms with Crippen LogP contribution in [0.1, 0.15) is 17.3 Å². The van der Waals surface area contributed by atoms with Crippen molar-refractivity contribution < 1.29 is 9.59 Å². The van der Waals surface area contributed by atoms with Gasteiger partial charge in [0.25, 0.3) is 5.91 Å². The number of amides is 2. The summed E-state index contributed by atoms with van der Waals surface area (Å²) >= 11 is 5.87. The first-order valence-electron chi connectivity index (χ1n) is 7.58. The number of halogens is 1. The Morgan fingerprint density at radius 1 is 1.04 bits per heavy atom. The average Bonchev–Trinajstić information content (AvgIpc) is 2.55. The second-order valence-corrected chi connectivity index (χ2v) is 5.85. The molecule has 24 heavy (non-hydrogen) atoms. The van der Waals surface area contributed by atoms with Crippen LogP contribution in [0, 0.1) is 0 Å². The van der Waals surface area contributed by atoms with Gasteiger partial charge in [-0.1, -0.05) is 11.6 Å². The maximum absolute atomic E-state index is 12.1. The van der Waals surface area contributed by atoms with E-state index in [1.54, 1.807) is 24.3 Å². The van der Waals surface area contributed by atoms with Crippen molar-refractivity contribution in [1.29, 1.82) is 0 Å². The van der Waals surface area contributed by atoms with E-state index in [1.165, 1.54) is 6.92 Å². The fourth-order valence-electron chi connectivity index (χ4n) is 2.17. The minimum absolute atomic E-state index is 0.141. The number of carbonyl (C=O) groups is 2. The molecule has 0 aliphatic rings. The highest BCUT2D eigenvalue weighted by Crippen LogP contribution is 2.16. The molecule has 0 aromatic heterocycles. The van der Waals surface area contributed by atoms with E-state index in [1.807, 2.05) is 36.2 Å². The summed E-state index contributed by atoms with van der Waals surface area (Å²) in [6.07, 6.45) is 0. The van der Waals surface area contributed by atoms with E-state index in [2.05, 4.69) is 10.6 Å². The molecular weight excluding hydrogens is 326 g/mol. The Morgan fingerprint density at radius 3 is 2.25 bits per heavy atom. The molecule has 0 aliphatic carbocycles. The van der Waals surface area contributed by atoms with Crippen LogP contribution < -0.4 is 15.5 Å². The highest BCUT2D eigenvalue weighted by atomic mass is 35.5. The molecule has 2 amide bonds. The topological polar surface area (TPSA) is 61.4 Å². The monoisotopic (exact) mass is 345 g/mol. The number of hydrogen-bond acceptors (Lipinski definition) is 3. The number of anilines is 2. The molecule has 0 heterocycles. The maximum atomic E-state index is 12.1. The molecule has 2 N–H and O–H groups in total. The second kappa shape index (κ2) is 8.36. The van der Waals surface area contributed by atoms with Gasteiger partial charge in [-0.3, -0.25) is 9.59 Å². The number of nitrogens with zero attached hydrogens (tertiary/aromatic N) is 1. The van der Waals surface area contributed by atoms with E-state index in [0.717, 1.165) is 5.69 Å². The largest absolute Gasteiger partial charge is 0.373 e. The van der Waals surface area contributed by atoms with Crippen LogP contribution in [0.2, 0.25) is 5.02 Å². The molecule has 0 unspecified atom stereocenters. The van der Waals surface area contributed by atoms with Gasteiger partial charge in [-0.15, -0.1) is 0 Å². The quantitative estimate of drug-likeness (QED) is 0.845. The van der Waals surface area contributed by atoms with Gasteiger partial charge in [0.2, 0.25) is 5.91 Å². The summed E-state index contributed by atoms with van der Waals surface area (Å²) in [5.41, 5.74) is 2.26. The molecule has 126 valence electrons. The summed E-state index contributed by atoms with van der Waals surface area (Å²) in [6, 6.07) is 14.3. The van der Waals surface area contributed by atoms with Gasteiger partial charge in [0.15, 0.2) is 0 Å². The van der Waals surface area contributed by atoms with Crippen molar-refractivity contribution in [2.45, 2.75) is 6.92 Å². The molecule has 5 nitrogen and oxygen atoms in total. The van der Waals surface area contributed by atoms with Crippen molar-refractivity contribution in [2.75, 3.05) is 30.4 Å². The number of likely N-dealkylation sites (N-methyl/N-ethyl adjacent to an activating group) is 1. The summed E-state index contributed by atoms with van der Waals surface area (Å²) in [6.45, 7) is 2.64. The number of benzene rings is 2. The third kappa shape index (κ3) is 5.28. The summed E-state index contributed by atoms with van der Waals surface area (Å²) < 4.78 is 0. The highest BCUT2D eigenvalue weighted by molar-refractivity contribution is 6.30. The maximum Gasteiger partial charge on any atom is 0.251 e. The van der Waals surface area contributed by atoms with E-state index in [-0.39, 0.29) is 11.8 Å². The van der Waals surface area contributed by atoms with Crippen molar-refractivity contribution >= 4 is 34.8 Å². The minimum atomic E-state index is -0.145. The van der Waals surface area contributed by atoms with Crippen LogP contribution in [0.3, 0.4) is 0 Å². The zero-order valence-corrected chi connectivity index (χ0v) is 14.4. The normalized spacial score (nSPS) is 10.1. The van der Waals surface area contributed by atoms with Crippen LogP contribution in [0.5, 0.6) is 0 Å². The molecule has 0 saturated carbocycles. The summed E-state index contributed by atoms with van der Waals surface area (Å²) in [5, 5.41) is 6.24. The molecule has 0 aliphatic heterocycles. The second-order valence-electron chi connectivity index (χ2n) is 5.41. The average molecular weight is 346 g/mol. The predicted molar refractivity (Wildman–Crippen MR) is 97.8 cm³/mol. The Hall–Kier alpha value is -2.53. The van der Waals surface area contributed by atoms with Gasteiger partial charge in [-0.05, 0) is 48.5 Å². The molecule has 0 bridgehead atoms. The van der Waals surface area contributed by atoms with Crippen molar-refractivity contribution in [3.63, 3.8) is 0 Å². The SMILES string of the molecule is CC(=O)Nc1ccc(C(=O)NCCN(C)c2ccc(Cl)cc2)cc1. The Labute approximate surface area is 146 Å². The molecule has 0 spiro atoms. The molecule has 0 atom stereocenters. The van der Waals surface area contributed by atoms with Crippen LogP contribution in [0.4, 0.5) is 11.4 Å². The van der Waals surface area contributed by atoms with Crippen LogP contribution in [-0.2, 0) is 4.79 Å². The molecule has 2 aromatic rings. The fraction of sp³-hybridized carbons (Fsp3) is 0.222. The Bertz CT molecular complexity index is 699.